The van der Waals surface area contributed by atoms with Crippen LogP contribution in [0.5, 0.6) is 0 Å². The van der Waals surface area contributed by atoms with Crippen LogP contribution in [0.1, 0.15) is 1.43 Å². The molecule has 8 heteroatoms. The first-order valence-corrected chi connectivity index (χ1v) is 2.35. The number of phosphoric acid groups is 1. The molecule has 0 rings (SSSR count). The zero-order valence-electron chi connectivity index (χ0n) is 5.05. The largest absolute Gasteiger partial charge is 1.00 e. The van der Waals surface area contributed by atoms with Gasteiger partial charge in [-0.1, -0.05) is 0 Å². The summed E-state index contributed by atoms with van der Waals surface area (Å²) >= 11 is 0. The van der Waals surface area contributed by atoms with Crippen LogP contribution < -0.4 is 51.4 Å². The molecule has 0 fully saturated rings. The van der Waals surface area contributed by atoms with Crippen molar-refractivity contribution in [1.29, 1.82) is 0 Å². The fourth-order valence-corrected chi connectivity index (χ4v) is 0. The van der Waals surface area contributed by atoms with Crippen LogP contribution in [0.3, 0.4) is 0 Å². The molecule has 0 heterocycles. The molecule has 0 aliphatic heterocycles. The minimum absolute atomic E-state index is 0. The van der Waals surface area contributed by atoms with Crippen LogP contribution in [0, 0.1) is 0 Å². The molecular weight excluding hydrogens is 204 g/mol. The van der Waals surface area contributed by atoms with Gasteiger partial charge in [-0.05, 0) is 0 Å². The Bertz CT molecular complexity index is 66.7. The van der Waals surface area contributed by atoms with Gasteiger partial charge < -0.3 is 16.1 Å². The van der Waals surface area contributed by atoms with Gasteiger partial charge in [0.2, 0.25) is 0 Å². The summed E-state index contributed by atoms with van der Waals surface area (Å²) in [7, 11) is -4.64. The molecule has 4 nitrogen and oxygen atoms in total. The SMILES string of the molecule is F.O=P(O)(O)O.[H-].[K+].[V]. The Hall–Kier alpha value is 2.26. The van der Waals surface area contributed by atoms with E-state index < -0.39 is 7.82 Å². The van der Waals surface area contributed by atoms with Crippen LogP contribution >= 0.6 is 7.82 Å². The summed E-state index contributed by atoms with van der Waals surface area (Å²) in [6, 6.07) is 0. The van der Waals surface area contributed by atoms with Crippen LogP contribution in [0.25, 0.3) is 0 Å². The molecule has 0 spiro atoms. The van der Waals surface area contributed by atoms with Crippen LogP contribution in [-0.2, 0) is 23.1 Å². The Labute approximate surface area is 101 Å². The standard InChI is InChI=1S/FH.K.H3O4P.V.H/c;;1-5(2,3)4;;/h1H;;(H3,1,2,3,4);;/q;+1;;;-1. The molecule has 0 atom stereocenters. The van der Waals surface area contributed by atoms with Crippen LogP contribution in [0.15, 0.2) is 0 Å². The van der Waals surface area contributed by atoms with Gasteiger partial charge in [0.1, 0.15) is 0 Å². The van der Waals surface area contributed by atoms with Crippen molar-refractivity contribution in [2.24, 2.45) is 0 Å². The zero-order chi connectivity index (χ0) is 4.50. The van der Waals surface area contributed by atoms with Crippen molar-refractivity contribution in [3.05, 3.63) is 0 Å². The van der Waals surface area contributed by atoms with E-state index in [0.29, 0.717) is 0 Å². The Balaban J connectivity index is -0.0000000133. The Kier molecular flexibility index (Phi) is 26.0. The molecule has 0 bridgehead atoms. The maximum atomic E-state index is 8.88. The van der Waals surface area contributed by atoms with Crippen LogP contribution in [0.2, 0.25) is 0 Å². The first-order chi connectivity index (χ1) is 2.00. The molecular formula is H5FKO4PV. The Morgan fingerprint density at radius 2 is 1.25 bits per heavy atom. The van der Waals surface area contributed by atoms with Crippen molar-refractivity contribution in [2.45, 2.75) is 0 Å². The molecule has 1 radical (unpaired) electrons. The van der Waals surface area contributed by atoms with Gasteiger partial charge in [0, 0.05) is 18.6 Å². The van der Waals surface area contributed by atoms with E-state index in [1.54, 1.807) is 0 Å². The third kappa shape index (κ3) is 85.2. The fourth-order valence-electron chi connectivity index (χ4n) is 0. The topological polar surface area (TPSA) is 77.8 Å². The second-order valence-electron chi connectivity index (χ2n) is 0.513. The summed E-state index contributed by atoms with van der Waals surface area (Å²) in [6.45, 7) is 0. The Morgan fingerprint density at radius 3 is 1.25 bits per heavy atom. The number of rotatable bonds is 0. The van der Waals surface area contributed by atoms with Gasteiger partial charge in [0.15, 0.2) is 0 Å². The molecule has 0 aliphatic rings. The summed E-state index contributed by atoms with van der Waals surface area (Å²) in [4.78, 5) is 21.6. The molecule has 0 unspecified atom stereocenters. The van der Waals surface area contributed by atoms with Crippen LogP contribution in [0.4, 0.5) is 4.70 Å². The van der Waals surface area contributed by atoms with Crippen molar-refractivity contribution in [2.75, 3.05) is 0 Å². The van der Waals surface area contributed by atoms with Crippen molar-refractivity contribution >= 4 is 7.82 Å². The normalized spacial score (nSPS) is 7.38. The molecule has 3 N–H and O–H groups in total. The first-order valence-electron chi connectivity index (χ1n) is 0.783. The van der Waals surface area contributed by atoms with E-state index in [1.807, 2.05) is 0 Å². The summed E-state index contributed by atoms with van der Waals surface area (Å²) in [5.74, 6) is 0. The van der Waals surface area contributed by atoms with E-state index in [9.17, 15) is 0 Å². The molecule has 47 valence electrons. The maximum absolute atomic E-state index is 8.88. The van der Waals surface area contributed by atoms with Gasteiger partial charge in [-0.15, -0.1) is 0 Å². The van der Waals surface area contributed by atoms with Gasteiger partial charge in [-0.2, -0.15) is 0 Å². The fraction of sp³-hybridized carbons (Fsp3) is 0. The van der Waals surface area contributed by atoms with Gasteiger partial charge in [0.05, 0.1) is 0 Å². The molecule has 0 aliphatic carbocycles. The average molecular weight is 209 g/mol. The maximum Gasteiger partial charge on any atom is 1.00 e. The zero-order valence-corrected chi connectivity index (χ0v) is 9.47. The average Bonchev–Trinajstić information content (AvgIpc) is 0.722. The summed E-state index contributed by atoms with van der Waals surface area (Å²) in [5, 5.41) is 0. The summed E-state index contributed by atoms with van der Waals surface area (Å²) in [6.07, 6.45) is 0. The molecule has 0 aromatic heterocycles. The third-order valence-electron chi connectivity index (χ3n) is 0. The summed E-state index contributed by atoms with van der Waals surface area (Å²) in [5.41, 5.74) is 0. The van der Waals surface area contributed by atoms with E-state index in [2.05, 4.69) is 0 Å². The predicted molar refractivity (Wildman–Crippen MR) is 17.9 cm³/mol. The first kappa shape index (κ1) is 22.5. The van der Waals surface area contributed by atoms with Crippen LogP contribution in [-0.4, -0.2) is 14.7 Å². The predicted octanol–water partition coefficient (Wildman–Crippen LogP) is -3.66. The Morgan fingerprint density at radius 1 is 1.25 bits per heavy atom. The van der Waals surface area contributed by atoms with Gasteiger partial charge in [-0.3, -0.25) is 4.70 Å². The molecule has 0 amide bonds. The second-order valence-corrected chi connectivity index (χ2v) is 1.54. The molecule has 0 aromatic carbocycles. The smallest absolute Gasteiger partial charge is 1.00 e. The number of hydrogen-bond acceptors (Lipinski definition) is 1. The molecule has 0 saturated carbocycles. The molecule has 8 heavy (non-hydrogen) atoms. The van der Waals surface area contributed by atoms with E-state index in [-0.39, 0.29) is 76.1 Å². The molecule has 0 aromatic rings. The van der Waals surface area contributed by atoms with Crippen molar-refractivity contribution in [3.8, 4) is 0 Å². The quantitative estimate of drug-likeness (QED) is 0.284. The van der Waals surface area contributed by atoms with E-state index in [0.717, 1.165) is 0 Å². The molecule has 0 saturated heterocycles. The van der Waals surface area contributed by atoms with Gasteiger partial charge >= 0.3 is 59.2 Å². The van der Waals surface area contributed by atoms with Gasteiger partial charge in [0.25, 0.3) is 0 Å². The van der Waals surface area contributed by atoms with E-state index >= 15 is 0 Å². The minimum Gasteiger partial charge on any atom is -1.00 e. The van der Waals surface area contributed by atoms with Crippen molar-refractivity contribution in [3.63, 3.8) is 0 Å². The monoisotopic (exact) mass is 209 g/mol. The third-order valence-corrected chi connectivity index (χ3v) is 0. The second kappa shape index (κ2) is 9.26. The van der Waals surface area contributed by atoms with Crippen molar-refractivity contribution < 1.29 is 95.3 Å². The van der Waals surface area contributed by atoms with E-state index in [4.69, 9.17) is 19.2 Å². The number of halogens is 1. The van der Waals surface area contributed by atoms with Gasteiger partial charge in [-0.25, -0.2) is 4.57 Å². The number of hydrogen-bond donors (Lipinski definition) is 3. The van der Waals surface area contributed by atoms with E-state index in [1.165, 1.54) is 0 Å². The minimum atomic E-state index is -4.64. The summed E-state index contributed by atoms with van der Waals surface area (Å²) < 4.78 is 8.88. The van der Waals surface area contributed by atoms with Crippen molar-refractivity contribution in [1.82, 2.24) is 0 Å².